The lowest BCUT2D eigenvalue weighted by Gasteiger charge is -2.16. The van der Waals surface area contributed by atoms with E-state index in [0.29, 0.717) is 17.6 Å². The van der Waals surface area contributed by atoms with Gasteiger partial charge in [0.25, 0.3) is 0 Å². The number of allylic oxidation sites excluding steroid dienone is 2. The van der Waals surface area contributed by atoms with Crippen LogP contribution in [0.25, 0.3) is 66.1 Å². The van der Waals surface area contributed by atoms with Crippen LogP contribution >= 0.6 is 0 Å². The molecule has 4 heteroatoms. The van der Waals surface area contributed by atoms with Crippen LogP contribution in [0.4, 0.5) is 0 Å². The van der Waals surface area contributed by atoms with E-state index in [1.165, 1.54) is 27.4 Å². The molecule has 3 atom stereocenters. The number of para-hydroxylation sites is 3. The summed E-state index contributed by atoms with van der Waals surface area (Å²) < 4.78 is 10.6. The molecule has 6 aromatic carbocycles. The molecule has 1 fully saturated rings. The summed E-state index contributed by atoms with van der Waals surface area (Å²) in [5.74, 6) is 1.34. The standard InChI is InChI=1S/C44H32N2O2/c47-44(38-26-28-13-14-31(38)25-28)48-34-23-24-43-39(27-34)37-9-3-6-12-42(37)46(43)33-21-17-30(18-22-33)29-15-19-32(20-16-29)45-40-10-4-1-7-35(40)36-8-2-5-11-41(36)45/h1-24,27-28,31,38H,25-26H2. The van der Waals surface area contributed by atoms with E-state index in [4.69, 9.17) is 4.74 Å². The fourth-order valence-corrected chi connectivity index (χ4v) is 8.34. The highest BCUT2D eigenvalue weighted by molar-refractivity contribution is 6.10. The summed E-state index contributed by atoms with van der Waals surface area (Å²) in [5, 5.41) is 4.75. The minimum absolute atomic E-state index is 0.0274. The van der Waals surface area contributed by atoms with Crippen molar-refractivity contribution in [2.24, 2.45) is 17.8 Å². The van der Waals surface area contributed by atoms with Crippen molar-refractivity contribution in [1.29, 1.82) is 0 Å². The number of rotatable bonds is 5. The maximum atomic E-state index is 13.1. The molecule has 2 aromatic heterocycles. The topological polar surface area (TPSA) is 36.2 Å². The number of hydrogen-bond donors (Lipinski definition) is 0. The molecule has 10 rings (SSSR count). The van der Waals surface area contributed by atoms with E-state index in [1.807, 2.05) is 12.1 Å². The van der Waals surface area contributed by atoms with Gasteiger partial charge >= 0.3 is 5.97 Å². The van der Waals surface area contributed by atoms with Crippen molar-refractivity contribution in [2.45, 2.75) is 12.8 Å². The molecule has 0 spiro atoms. The molecule has 2 heterocycles. The van der Waals surface area contributed by atoms with Crippen LogP contribution in [0.1, 0.15) is 12.8 Å². The summed E-state index contributed by atoms with van der Waals surface area (Å²) in [6.07, 6.45) is 6.44. The minimum Gasteiger partial charge on any atom is -0.426 e. The highest BCUT2D eigenvalue weighted by Crippen LogP contribution is 2.44. The van der Waals surface area contributed by atoms with E-state index >= 15 is 0 Å². The van der Waals surface area contributed by atoms with E-state index in [-0.39, 0.29) is 11.9 Å². The normalized spacial score (nSPS) is 18.5. The number of nitrogens with zero attached hydrogens (tertiary/aromatic N) is 2. The fourth-order valence-electron chi connectivity index (χ4n) is 8.34. The Balaban J connectivity index is 0.973. The summed E-state index contributed by atoms with van der Waals surface area (Å²) >= 11 is 0. The van der Waals surface area contributed by atoms with Crippen LogP contribution in [0.3, 0.4) is 0 Å². The third-order valence-electron chi connectivity index (χ3n) is 10.6. The summed E-state index contributed by atoms with van der Waals surface area (Å²) in [6, 6.07) is 49.4. The number of aromatic nitrogens is 2. The first kappa shape index (κ1) is 27.3. The Morgan fingerprint density at radius 3 is 1.52 bits per heavy atom. The third kappa shape index (κ3) is 4.19. The predicted octanol–water partition coefficient (Wildman–Crippen LogP) is 10.7. The molecule has 3 unspecified atom stereocenters. The molecule has 2 aliphatic rings. The number of esters is 1. The first-order chi connectivity index (χ1) is 23.7. The monoisotopic (exact) mass is 620 g/mol. The molecule has 0 amide bonds. The zero-order valence-corrected chi connectivity index (χ0v) is 26.3. The maximum absolute atomic E-state index is 13.1. The Labute approximate surface area is 278 Å². The second-order valence-corrected chi connectivity index (χ2v) is 13.3. The van der Waals surface area contributed by atoms with Gasteiger partial charge in [-0.2, -0.15) is 0 Å². The number of hydrogen-bond acceptors (Lipinski definition) is 2. The van der Waals surface area contributed by atoms with Crippen molar-refractivity contribution in [3.63, 3.8) is 0 Å². The van der Waals surface area contributed by atoms with Crippen molar-refractivity contribution in [1.82, 2.24) is 9.13 Å². The van der Waals surface area contributed by atoms with Gasteiger partial charge in [-0.05, 0) is 96.5 Å². The Bertz CT molecular complexity index is 2520. The zero-order chi connectivity index (χ0) is 31.8. The van der Waals surface area contributed by atoms with Gasteiger partial charge in [0.15, 0.2) is 0 Å². The second kappa shape index (κ2) is 10.6. The van der Waals surface area contributed by atoms with Crippen LogP contribution < -0.4 is 4.74 Å². The first-order valence-electron chi connectivity index (χ1n) is 16.8. The van der Waals surface area contributed by atoms with Gasteiger partial charge in [0.2, 0.25) is 0 Å². The molecular formula is C44H32N2O2. The largest absolute Gasteiger partial charge is 0.426 e. The van der Waals surface area contributed by atoms with E-state index < -0.39 is 0 Å². The molecule has 4 nitrogen and oxygen atoms in total. The SMILES string of the molecule is O=C(Oc1ccc2c(c1)c1ccccc1n2-c1ccc(-c2ccc(-n3c4ccccc4c4ccccc43)cc2)cc1)C1CC2C=CC1C2. The molecule has 48 heavy (non-hydrogen) atoms. The molecule has 0 radical (unpaired) electrons. The molecule has 2 aliphatic carbocycles. The molecule has 0 saturated heterocycles. The van der Waals surface area contributed by atoms with Crippen LogP contribution in [0.15, 0.2) is 152 Å². The number of carbonyl (C=O) groups is 1. The molecule has 0 N–H and O–H groups in total. The summed E-state index contributed by atoms with van der Waals surface area (Å²) in [5.41, 5.74) is 9.21. The van der Waals surface area contributed by atoms with Crippen molar-refractivity contribution in [2.75, 3.05) is 0 Å². The Morgan fingerprint density at radius 2 is 1.02 bits per heavy atom. The van der Waals surface area contributed by atoms with Crippen molar-refractivity contribution in [3.8, 4) is 28.3 Å². The van der Waals surface area contributed by atoms with Crippen LogP contribution in [-0.4, -0.2) is 15.1 Å². The average Bonchev–Trinajstić information content (AvgIpc) is 3.93. The predicted molar refractivity (Wildman–Crippen MR) is 195 cm³/mol. The average molecular weight is 621 g/mol. The van der Waals surface area contributed by atoms with Crippen molar-refractivity contribution >= 4 is 49.6 Å². The Hall–Kier alpha value is -5.87. The molecule has 1 saturated carbocycles. The van der Waals surface area contributed by atoms with Gasteiger partial charge in [0.1, 0.15) is 5.75 Å². The number of benzene rings is 6. The third-order valence-corrected chi connectivity index (χ3v) is 10.6. The lowest BCUT2D eigenvalue weighted by molar-refractivity contribution is -0.139. The van der Waals surface area contributed by atoms with Crippen LogP contribution in [-0.2, 0) is 4.79 Å². The smallest absolute Gasteiger partial charge is 0.314 e. The van der Waals surface area contributed by atoms with Crippen molar-refractivity contribution in [3.05, 3.63) is 152 Å². The van der Waals surface area contributed by atoms with Crippen LogP contribution in [0.2, 0.25) is 0 Å². The number of ether oxygens (including phenoxy) is 1. The minimum atomic E-state index is -0.103. The van der Waals surface area contributed by atoms with E-state index in [1.54, 1.807) is 0 Å². The molecule has 230 valence electrons. The van der Waals surface area contributed by atoms with Gasteiger partial charge < -0.3 is 13.9 Å². The molecular weight excluding hydrogens is 588 g/mol. The van der Waals surface area contributed by atoms with Gasteiger partial charge in [0.05, 0.1) is 28.0 Å². The highest BCUT2D eigenvalue weighted by Gasteiger charge is 2.41. The number of carbonyl (C=O) groups excluding carboxylic acids is 1. The van der Waals surface area contributed by atoms with Gasteiger partial charge in [-0.15, -0.1) is 0 Å². The summed E-state index contributed by atoms with van der Waals surface area (Å²) in [4.78, 5) is 13.1. The summed E-state index contributed by atoms with van der Waals surface area (Å²) in [7, 11) is 0. The maximum Gasteiger partial charge on any atom is 0.314 e. The first-order valence-corrected chi connectivity index (χ1v) is 16.8. The van der Waals surface area contributed by atoms with E-state index in [2.05, 4.69) is 149 Å². The second-order valence-electron chi connectivity index (χ2n) is 13.3. The van der Waals surface area contributed by atoms with Gasteiger partial charge in [-0.1, -0.05) is 91.0 Å². The highest BCUT2D eigenvalue weighted by atomic mass is 16.5. The van der Waals surface area contributed by atoms with E-state index in [0.717, 1.165) is 51.6 Å². The molecule has 8 aromatic rings. The lowest BCUT2D eigenvalue weighted by Crippen LogP contribution is -2.23. The van der Waals surface area contributed by atoms with Gasteiger partial charge in [-0.25, -0.2) is 0 Å². The van der Waals surface area contributed by atoms with Gasteiger partial charge in [-0.3, -0.25) is 4.79 Å². The van der Waals surface area contributed by atoms with E-state index in [9.17, 15) is 4.79 Å². The zero-order valence-electron chi connectivity index (χ0n) is 26.3. The van der Waals surface area contributed by atoms with Crippen LogP contribution in [0, 0.1) is 17.8 Å². The van der Waals surface area contributed by atoms with Crippen LogP contribution in [0.5, 0.6) is 5.75 Å². The fraction of sp³-hybridized carbons (Fsp3) is 0.114. The number of fused-ring (bicyclic) bond motifs is 8. The summed E-state index contributed by atoms with van der Waals surface area (Å²) in [6.45, 7) is 0. The quantitative estimate of drug-likeness (QED) is 0.109. The lowest BCUT2D eigenvalue weighted by atomic mass is 9.94. The Morgan fingerprint density at radius 1 is 0.521 bits per heavy atom. The molecule has 2 bridgehead atoms. The van der Waals surface area contributed by atoms with Gasteiger partial charge in [0, 0.05) is 32.9 Å². The Kier molecular flexibility index (Phi) is 6.01. The molecule has 0 aliphatic heterocycles. The van der Waals surface area contributed by atoms with Crippen molar-refractivity contribution < 1.29 is 9.53 Å².